The zero-order chi connectivity index (χ0) is 16.0. The fourth-order valence-electron chi connectivity index (χ4n) is 2.12. The molecule has 0 saturated heterocycles. The number of methoxy groups -OCH3 is 1. The number of nitrogens with two attached hydrogens (primary N) is 1. The molecule has 0 saturated carbocycles. The number of esters is 1. The Hall–Kier alpha value is -1.88. The number of carbonyl (C=O) groups excluding carboxylic acids is 2. The van der Waals surface area contributed by atoms with Crippen LogP contribution in [-0.2, 0) is 9.53 Å². The number of hydrogen-bond donors (Lipinski definition) is 2. The lowest BCUT2D eigenvalue weighted by Crippen LogP contribution is -2.30. The summed E-state index contributed by atoms with van der Waals surface area (Å²) in [4.78, 5) is 23.8. The standard InChI is InChI=1S/C16H24N2O3/c1-10(2)7-13(9-17)15(19)18-14-8-12(16(20)21-4)6-5-11(14)3/h5-6,8,10,13H,7,9,17H2,1-4H3,(H,18,19). The SMILES string of the molecule is COC(=O)c1ccc(C)c(NC(=O)C(CN)CC(C)C)c1. The predicted octanol–water partition coefficient (Wildman–Crippen LogP) is 2.34. The second-order valence-corrected chi connectivity index (χ2v) is 5.57. The van der Waals surface area contributed by atoms with E-state index >= 15 is 0 Å². The van der Waals surface area contributed by atoms with Gasteiger partial charge in [-0.1, -0.05) is 19.9 Å². The van der Waals surface area contributed by atoms with Crippen molar-refractivity contribution in [3.63, 3.8) is 0 Å². The van der Waals surface area contributed by atoms with Crippen molar-refractivity contribution in [3.05, 3.63) is 29.3 Å². The van der Waals surface area contributed by atoms with Crippen LogP contribution < -0.4 is 11.1 Å². The van der Waals surface area contributed by atoms with E-state index in [4.69, 9.17) is 5.73 Å². The molecule has 0 bridgehead atoms. The number of benzene rings is 1. The lowest BCUT2D eigenvalue weighted by atomic mass is 9.96. The van der Waals surface area contributed by atoms with E-state index < -0.39 is 5.97 Å². The molecule has 0 aliphatic carbocycles. The largest absolute Gasteiger partial charge is 0.465 e. The van der Waals surface area contributed by atoms with E-state index in [1.54, 1.807) is 18.2 Å². The van der Waals surface area contributed by atoms with Crippen molar-refractivity contribution in [1.29, 1.82) is 0 Å². The maximum Gasteiger partial charge on any atom is 0.337 e. The molecule has 1 aromatic carbocycles. The highest BCUT2D eigenvalue weighted by Crippen LogP contribution is 2.20. The summed E-state index contributed by atoms with van der Waals surface area (Å²) in [7, 11) is 1.33. The molecule has 0 aromatic heterocycles. The van der Waals surface area contributed by atoms with Crippen molar-refractivity contribution < 1.29 is 14.3 Å². The molecule has 116 valence electrons. The van der Waals surface area contributed by atoms with E-state index in [1.807, 2.05) is 6.92 Å². The third-order valence-corrected chi connectivity index (χ3v) is 3.33. The molecule has 0 radical (unpaired) electrons. The quantitative estimate of drug-likeness (QED) is 0.788. The average molecular weight is 292 g/mol. The molecule has 1 amide bonds. The number of anilines is 1. The number of nitrogens with one attached hydrogen (secondary N) is 1. The molecule has 5 nitrogen and oxygen atoms in total. The van der Waals surface area contributed by atoms with E-state index in [-0.39, 0.29) is 11.8 Å². The van der Waals surface area contributed by atoms with Gasteiger partial charge in [0.2, 0.25) is 5.91 Å². The van der Waals surface area contributed by atoms with Crippen LogP contribution in [0.2, 0.25) is 0 Å². The number of ether oxygens (including phenoxy) is 1. The van der Waals surface area contributed by atoms with Crippen LogP contribution in [0.3, 0.4) is 0 Å². The Balaban J connectivity index is 2.90. The van der Waals surface area contributed by atoms with Crippen LogP contribution in [0.5, 0.6) is 0 Å². The molecule has 0 aliphatic rings. The average Bonchev–Trinajstić information content (AvgIpc) is 2.45. The highest BCUT2D eigenvalue weighted by atomic mass is 16.5. The molecule has 21 heavy (non-hydrogen) atoms. The topological polar surface area (TPSA) is 81.4 Å². The number of aryl methyl sites for hydroxylation is 1. The molecule has 0 fully saturated rings. The maximum atomic E-state index is 12.3. The molecule has 1 unspecified atom stereocenters. The van der Waals surface area contributed by atoms with Crippen LogP contribution in [0.15, 0.2) is 18.2 Å². The highest BCUT2D eigenvalue weighted by Gasteiger charge is 2.19. The second-order valence-electron chi connectivity index (χ2n) is 5.57. The lowest BCUT2D eigenvalue weighted by Gasteiger charge is -2.18. The smallest absolute Gasteiger partial charge is 0.337 e. The summed E-state index contributed by atoms with van der Waals surface area (Å²) in [5, 5.41) is 2.86. The van der Waals surface area contributed by atoms with Gasteiger partial charge in [0.15, 0.2) is 0 Å². The molecule has 1 rings (SSSR count). The van der Waals surface area contributed by atoms with Crippen molar-refractivity contribution in [3.8, 4) is 0 Å². The summed E-state index contributed by atoms with van der Waals surface area (Å²) in [6.07, 6.45) is 0.734. The first-order chi connectivity index (χ1) is 9.88. The first kappa shape index (κ1) is 17.2. The van der Waals surface area contributed by atoms with E-state index in [1.165, 1.54) is 7.11 Å². The number of carbonyl (C=O) groups is 2. The van der Waals surface area contributed by atoms with Crippen LogP contribution in [0.1, 0.15) is 36.2 Å². The molecular formula is C16H24N2O3. The summed E-state index contributed by atoms with van der Waals surface area (Å²) < 4.78 is 4.69. The predicted molar refractivity (Wildman–Crippen MR) is 83.1 cm³/mol. The van der Waals surface area contributed by atoms with Crippen LogP contribution in [0.4, 0.5) is 5.69 Å². The molecule has 3 N–H and O–H groups in total. The van der Waals surface area contributed by atoms with Gasteiger partial charge >= 0.3 is 5.97 Å². The Morgan fingerprint density at radius 3 is 2.52 bits per heavy atom. The zero-order valence-corrected chi connectivity index (χ0v) is 13.1. The normalized spacial score (nSPS) is 12.1. The zero-order valence-electron chi connectivity index (χ0n) is 13.1. The Morgan fingerprint density at radius 2 is 2.00 bits per heavy atom. The Kier molecular flexibility index (Phi) is 6.37. The van der Waals surface area contributed by atoms with E-state index in [0.29, 0.717) is 23.7 Å². The molecule has 5 heteroatoms. The molecule has 0 aliphatic heterocycles. The van der Waals surface area contributed by atoms with Crippen LogP contribution >= 0.6 is 0 Å². The van der Waals surface area contributed by atoms with Crippen molar-refractivity contribution in [2.75, 3.05) is 19.0 Å². The van der Waals surface area contributed by atoms with Gasteiger partial charge in [0.25, 0.3) is 0 Å². The van der Waals surface area contributed by atoms with Gasteiger partial charge in [0.1, 0.15) is 0 Å². The summed E-state index contributed by atoms with van der Waals surface area (Å²) >= 11 is 0. The van der Waals surface area contributed by atoms with Gasteiger partial charge in [-0.3, -0.25) is 4.79 Å². The van der Waals surface area contributed by atoms with E-state index in [9.17, 15) is 9.59 Å². The van der Waals surface area contributed by atoms with Gasteiger partial charge < -0.3 is 15.8 Å². The number of rotatable bonds is 6. The molecule has 0 heterocycles. The van der Waals surface area contributed by atoms with Gasteiger partial charge in [-0.25, -0.2) is 4.79 Å². The van der Waals surface area contributed by atoms with E-state index in [0.717, 1.165) is 12.0 Å². The molecule has 0 spiro atoms. The van der Waals surface area contributed by atoms with Crippen molar-refractivity contribution >= 4 is 17.6 Å². The number of amides is 1. The van der Waals surface area contributed by atoms with Gasteiger partial charge in [0, 0.05) is 12.2 Å². The van der Waals surface area contributed by atoms with Gasteiger partial charge in [0.05, 0.1) is 18.6 Å². The minimum Gasteiger partial charge on any atom is -0.465 e. The van der Waals surface area contributed by atoms with Crippen LogP contribution in [0.25, 0.3) is 0 Å². The third-order valence-electron chi connectivity index (χ3n) is 3.33. The fraction of sp³-hybridized carbons (Fsp3) is 0.500. The second kappa shape index (κ2) is 7.78. The van der Waals surface area contributed by atoms with Crippen molar-refractivity contribution in [2.45, 2.75) is 27.2 Å². The van der Waals surface area contributed by atoms with Gasteiger partial charge in [-0.05, 0) is 37.0 Å². The minimum absolute atomic E-state index is 0.115. The minimum atomic E-state index is -0.428. The molecule has 1 atom stereocenters. The third kappa shape index (κ3) is 4.86. The summed E-state index contributed by atoms with van der Waals surface area (Å²) in [5.41, 5.74) is 7.59. The highest BCUT2D eigenvalue weighted by molar-refractivity contribution is 5.96. The Bertz CT molecular complexity index is 512. The fourth-order valence-corrected chi connectivity index (χ4v) is 2.12. The van der Waals surface area contributed by atoms with Crippen molar-refractivity contribution in [2.24, 2.45) is 17.6 Å². The maximum absolute atomic E-state index is 12.3. The summed E-state index contributed by atoms with van der Waals surface area (Å²) in [6, 6.07) is 5.08. The summed E-state index contributed by atoms with van der Waals surface area (Å²) in [6.45, 7) is 6.29. The van der Waals surface area contributed by atoms with Crippen molar-refractivity contribution in [1.82, 2.24) is 0 Å². The van der Waals surface area contributed by atoms with Crippen LogP contribution in [0, 0.1) is 18.8 Å². The molecule has 1 aromatic rings. The number of hydrogen-bond acceptors (Lipinski definition) is 4. The first-order valence-corrected chi connectivity index (χ1v) is 7.09. The Labute approximate surface area is 125 Å². The first-order valence-electron chi connectivity index (χ1n) is 7.09. The van der Waals surface area contributed by atoms with Crippen LogP contribution in [-0.4, -0.2) is 25.5 Å². The van der Waals surface area contributed by atoms with E-state index in [2.05, 4.69) is 23.9 Å². The van der Waals surface area contributed by atoms with Gasteiger partial charge in [-0.2, -0.15) is 0 Å². The Morgan fingerprint density at radius 1 is 1.33 bits per heavy atom. The molecular weight excluding hydrogens is 268 g/mol. The monoisotopic (exact) mass is 292 g/mol. The summed E-state index contributed by atoms with van der Waals surface area (Å²) in [5.74, 6) is -0.377. The van der Waals surface area contributed by atoms with Gasteiger partial charge in [-0.15, -0.1) is 0 Å². The lowest BCUT2D eigenvalue weighted by molar-refractivity contribution is -0.120.